The average Bonchev–Trinajstić information content (AvgIpc) is 2.63. The van der Waals surface area contributed by atoms with Crippen molar-refractivity contribution < 1.29 is 4.74 Å². The lowest BCUT2D eigenvalue weighted by atomic mass is 10.2. The molecule has 5 heteroatoms. The molecule has 3 aromatic rings. The van der Waals surface area contributed by atoms with Crippen LogP contribution in [0.1, 0.15) is 11.1 Å². The first-order valence-corrected chi connectivity index (χ1v) is 8.89. The highest BCUT2D eigenvalue weighted by Crippen LogP contribution is 2.28. The summed E-state index contributed by atoms with van der Waals surface area (Å²) in [6, 6.07) is 21.2. The molecule has 0 aromatic heterocycles. The summed E-state index contributed by atoms with van der Waals surface area (Å²) in [7, 11) is 0. The fourth-order valence-electron chi connectivity index (χ4n) is 2.32. The van der Waals surface area contributed by atoms with Crippen LogP contribution < -0.4 is 10.1 Å². The maximum atomic E-state index is 6.33. The fourth-order valence-corrected chi connectivity index (χ4v) is 2.87. The Balaban J connectivity index is 1.60. The molecular weight excluding hydrogens is 377 g/mol. The van der Waals surface area contributed by atoms with Crippen molar-refractivity contribution >= 4 is 40.5 Å². The third-order valence-corrected chi connectivity index (χ3v) is 4.68. The lowest BCUT2D eigenvalue weighted by Crippen LogP contribution is -2.00. The Kier molecular flexibility index (Phi) is 6.09. The molecule has 0 heterocycles. The molecule has 0 aliphatic carbocycles. The van der Waals surface area contributed by atoms with Crippen molar-refractivity contribution in [3.8, 4) is 5.75 Å². The number of ether oxygens (including phenoxy) is 1. The normalized spacial score (nSPS) is 10.5. The number of hydrogen-bond donors (Lipinski definition) is 1. The highest BCUT2D eigenvalue weighted by Gasteiger charge is 2.05. The van der Waals surface area contributed by atoms with Crippen molar-refractivity contribution in [1.29, 1.82) is 0 Å². The van der Waals surface area contributed by atoms with E-state index in [1.54, 1.807) is 12.1 Å². The molecule has 0 aliphatic heterocycles. The van der Waals surface area contributed by atoms with Gasteiger partial charge in [-0.1, -0.05) is 71.2 Å². The molecule has 0 fully saturated rings. The van der Waals surface area contributed by atoms with E-state index in [1.807, 2.05) is 54.6 Å². The highest BCUT2D eigenvalue weighted by atomic mass is 35.5. The molecule has 25 heavy (non-hydrogen) atoms. The largest absolute Gasteiger partial charge is 0.487 e. The van der Waals surface area contributed by atoms with Gasteiger partial charge in [-0.2, -0.15) is 0 Å². The van der Waals surface area contributed by atoms with Gasteiger partial charge < -0.3 is 10.1 Å². The van der Waals surface area contributed by atoms with Gasteiger partial charge >= 0.3 is 0 Å². The predicted molar refractivity (Wildman–Crippen MR) is 106 cm³/mol. The van der Waals surface area contributed by atoms with Crippen LogP contribution >= 0.6 is 34.8 Å². The Morgan fingerprint density at radius 3 is 2.24 bits per heavy atom. The zero-order valence-electron chi connectivity index (χ0n) is 13.3. The summed E-state index contributed by atoms with van der Waals surface area (Å²) >= 11 is 18.3. The average molecular weight is 393 g/mol. The Hall–Kier alpha value is -1.87. The Bertz CT molecular complexity index is 853. The molecule has 0 saturated heterocycles. The van der Waals surface area contributed by atoms with Crippen molar-refractivity contribution in [2.24, 2.45) is 0 Å². The number of nitrogens with one attached hydrogen (secondary N) is 1. The zero-order chi connectivity index (χ0) is 17.6. The molecule has 0 bridgehead atoms. The van der Waals surface area contributed by atoms with Gasteiger partial charge in [-0.05, 0) is 41.5 Å². The Morgan fingerprint density at radius 1 is 0.720 bits per heavy atom. The Labute approximate surface area is 162 Å². The lowest BCUT2D eigenvalue weighted by Gasteiger charge is -2.11. The van der Waals surface area contributed by atoms with Crippen LogP contribution in [0.5, 0.6) is 5.75 Å². The standard InChI is InChI=1S/C20H16Cl3NO/c21-17-8-7-16(11-18(17)22)24-12-15-6-9-20(19(23)10-15)25-13-14-4-2-1-3-5-14/h1-11,24H,12-13H2. The second-order valence-corrected chi connectivity index (χ2v) is 6.74. The third-order valence-electron chi connectivity index (χ3n) is 3.65. The number of anilines is 1. The van der Waals surface area contributed by atoms with Gasteiger partial charge in [0.25, 0.3) is 0 Å². The lowest BCUT2D eigenvalue weighted by molar-refractivity contribution is 0.306. The predicted octanol–water partition coefficient (Wildman–Crippen LogP) is 6.84. The molecule has 0 radical (unpaired) electrons. The van der Waals surface area contributed by atoms with E-state index >= 15 is 0 Å². The quantitative estimate of drug-likeness (QED) is 0.496. The number of hydrogen-bond acceptors (Lipinski definition) is 2. The summed E-state index contributed by atoms with van der Waals surface area (Å²) in [6.45, 7) is 1.11. The van der Waals surface area contributed by atoms with Crippen molar-refractivity contribution in [2.75, 3.05) is 5.32 Å². The molecule has 0 atom stereocenters. The first kappa shape index (κ1) is 17.9. The van der Waals surface area contributed by atoms with Gasteiger partial charge in [-0.3, -0.25) is 0 Å². The van der Waals surface area contributed by atoms with Gasteiger partial charge in [-0.15, -0.1) is 0 Å². The molecule has 3 aromatic carbocycles. The van der Waals surface area contributed by atoms with Crippen LogP contribution in [0, 0.1) is 0 Å². The monoisotopic (exact) mass is 391 g/mol. The van der Waals surface area contributed by atoms with Crippen LogP contribution in [0.25, 0.3) is 0 Å². The van der Waals surface area contributed by atoms with E-state index in [1.165, 1.54) is 0 Å². The van der Waals surface area contributed by atoms with E-state index in [9.17, 15) is 0 Å². The molecule has 0 aliphatic rings. The summed E-state index contributed by atoms with van der Waals surface area (Å²) in [5.41, 5.74) is 3.04. The van der Waals surface area contributed by atoms with Crippen molar-refractivity contribution in [2.45, 2.75) is 13.2 Å². The smallest absolute Gasteiger partial charge is 0.138 e. The highest BCUT2D eigenvalue weighted by molar-refractivity contribution is 6.42. The van der Waals surface area contributed by atoms with Gasteiger partial charge in [0.15, 0.2) is 0 Å². The molecule has 1 N–H and O–H groups in total. The van der Waals surface area contributed by atoms with Gasteiger partial charge in [0.1, 0.15) is 12.4 Å². The van der Waals surface area contributed by atoms with Gasteiger partial charge in [0, 0.05) is 12.2 Å². The molecule has 0 saturated carbocycles. The van der Waals surface area contributed by atoms with E-state index in [0.29, 0.717) is 34.0 Å². The van der Waals surface area contributed by atoms with Gasteiger partial charge in [0.05, 0.1) is 15.1 Å². The van der Waals surface area contributed by atoms with E-state index in [0.717, 1.165) is 16.8 Å². The van der Waals surface area contributed by atoms with Crippen molar-refractivity contribution in [3.05, 3.63) is 92.9 Å². The molecule has 0 spiro atoms. The van der Waals surface area contributed by atoms with E-state index in [2.05, 4.69) is 5.32 Å². The summed E-state index contributed by atoms with van der Waals surface area (Å²) in [4.78, 5) is 0. The molecular formula is C20H16Cl3NO. The van der Waals surface area contributed by atoms with E-state index in [-0.39, 0.29) is 0 Å². The molecule has 2 nitrogen and oxygen atoms in total. The SMILES string of the molecule is Clc1ccc(NCc2ccc(OCc3ccccc3)c(Cl)c2)cc1Cl. The van der Waals surface area contributed by atoms with Crippen LogP contribution in [0.4, 0.5) is 5.69 Å². The summed E-state index contributed by atoms with van der Waals surface area (Å²) in [6.07, 6.45) is 0. The molecule has 0 amide bonds. The summed E-state index contributed by atoms with van der Waals surface area (Å²) in [5, 5.41) is 4.94. The summed E-state index contributed by atoms with van der Waals surface area (Å²) < 4.78 is 5.79. The Morgan fingerprint density at radius 2 is 1.52 bits per heavy atom. The molecule has 0 unspecified atom stereocenters. The van der Waals surface area contributed by atoms with Crippen LogP contribution in [0.3, 0.4) is 0 Å². The minimum atomic E-state index is 0.488. The van der Waals surface area contributed by atoms with Crippen molar-refractivity contribution in [1.82, 2.24) is 0 Å². The number of halogens is 3. The topological polar surface area (TPSA) is 21.3 Å². The van der Waals surface area contributed by atoms with Gasteiger partial charge in [-0.25, -0.2) is 0 Å². The summed E-state index contributed by atoms with van der Waals surface area (Å²) in [5.74, 6) is 0.670. The van der Waals surface area contributed by atoms with E-state index < -0.39 is 0 Å². The third kappa shape index (κ3) is 5.05. The maximum absolute atomic E-state index is 6.33. The first-order valence-electron chi connectivity index (χ1n) is 7.76. The zero-order valence-corrected chi connectivity index (χ0v) is 15.6. The molecule has 3 rings (SSSR count). The maximum Gasteiger partial charge on any atom is 0.138 e. The second kappa shape index (κ2) is 8.48. The minimum Gasteiger partial charge on any atom is -0.487 e. The second-order valence-electron chi connectivity index (χ2n) is 5.52. The van der Waals surface area contributed by atoms with Crippen LogP contribution in [-0.2, 0) is 13.2 Å². The van der Waals surface area contributed by atoms with Crippen LogP contribution in [0.15, 0.2) is 66.7 Å². The first-order chi connectivity index (χ1) is 12.1. The van der Waals surface area contributed by atoms with Crippen molar-refractivity contribution in [3.63, 3.8) is 0 Å². The molecule has 128 valence electrons. The number of rotatable bonds is 6. The minimum absolute atomic E-state index is 0.488. The van der Waals surface area contributed by atoms with Crippen LogP contribution in [0.2, 0.25) is 15.1 Å². The van der Waals surface area contributed by atoms with E-state index in [4.69, 9.17) is 39.5 Å². The van der Waals surface area contributed by atoms with Crippen LogP contribution in [-0.4, -0.2) is 0 Å². The van der Waals surface area contributed by atoms with Gasteiger partial charge in [0.2, 0.25) is 0 Å². The number of benzene rings is 3. The fraction of sp³-hybridized carbons (Fsp3) is 0.100.